The van der Waals surface area contributed by atoms with E-state index in [4.69, 9.17) is 4.74 Å². The van der Waals surface area contributed by atoms with Gasteiger partial charge in [0.05, 0.1) is 31.1 Å². The Balaban J connectivity index is 2.72. The highest BCUT2D eigenvalue weighted by Crippen LogP contribution is 2.18. The second-order valence-corrected chi connectivity index (χ2v) is 5.71. The Morgan fingerprint density at radius 3 is 2.71 bits per heavy atom. The Hall–Kier alpha value is -0.920. The van der Waals surface area contributed by atoms with Crippen molar-refractivity contribution >= 4 is 21.6 Å². The lowest BCUT2D eigenvalue weighted by Crippen LogP contribution is -2.30. The lowest BCUT2D eigenvalue weighted by Gasteiger charge is -2.21. The zero-order valence-electron chi connectivity index (χ0n) is 12.8. The molecule has 6 nitrogen and oxygen atoms in total. The van der Waals surface area contributed by atoms with Crippen LogP contribution in [0.25, 0.3) is 0 Å². The zero-order valence-corrected chi connectivity index (χ0v) is 14.4. The van der Waals surface area contributed by atoms with Gasteiger partial charge in [0.2, 0.25) is 0 Å². The van der Waals surface area contributed by atoms with Crippen molar-refractivity contribution in [2.24, 2.45) is 5.92 Å². The molecule has 0 bridgehead atoms. The number of methoxy groups -OCH3 is 1. The fourth-order valence-electron chi connectivity index (χ4n) is 2.14. The molecule has 0 aliphatic rings. The Morgan fingerprint density at radius 1 is 1.48 bits per heavy atom. The van der Waals surface area contributed by atoms with E-state index in [0.717, 1.165) is 12.8 Å². The SMILES string of the molecule is CCC(CC)C(O)CNc1cnn(CCOC)c(=O)c1Br. The number of aromatic nitrogens is 2. The average molecular weight is 362 g/mol. The fourth-order valence-corrected chi connectivity index (χ4v) is 2.59. The van der Waals surface area contributed by atoms with Gasteiger partial charge in [-0.3, -0.25) is 4.79 Å². The van der Waals surface area contributed by atoms with Gasteiger partial charge >= 0.3 is 0 Å². The number of nitrogens with one attached hydrogen (secondary N) is 1. The smallest absolute Gasteiger partial charge is 0.283 e. The van der Waals surface area contributed by atoms with Crippen LogP contribution < -0.4 is 10.9 Å². The van der Waals surface area contributed by atoms with E-state index < -0.39 is 6.10 Å². The molecule has 1 unspecified atom stereocenters. The summed E-state index contributed by atoms with van der Waals surface area (Å²) in [6.45, 7) is 5.36. The largest absolute Gasteiger partial charge is 0.391 e. The molecular formula is C14H24BrN3O3. The molecule has 0 saturated carbocycles. The second-order valence-electron chi connectivity index (χ2n) is 4.92. The van der Waals surface area contributed by atoms with Crippen LogP contribution in [0.2, 0.25) is 0 Å². The van der Waals surface area contributed by atoms with E-state index >= 15 is 0 Å². The predicted octanol–water partition coefficient (Wildman–Crippen LogP) is 1.86. The third kappa shape index (κ3) is 5.09. The molecule has 21 heavy (non-hydrogen) atoms. The van der Waals surface area contributed by atoms with Crippen LogP contribution in [0.3, 0.4) is 0 Å². The summed E-state index contributed by atoms with van der Waals surface area (Å²) in [5, 5.41) is 17.3. The molecule has 7 heteroatoms. The summed E-state index contributed by atoms with van der Waals surface area (Å²) < 4.78 is 6.70. The van der Waals surface area contributed by atoms with Crippen LogP contribution in [-0.4, -0.2) is 41.3 Å². The summed E-state index contributed by atoms with van der Waals surface area (Å²) in [6.07, 6.45) is 3.00. The van der Waals surface area contributed by atoms with E-state index in [-0.39, 0.29) is 11.5 Å². The number of ether oxygens (including phenoxy) is 1. The number of aliphatic hydroxyl groups is 1. The van der Waals surface area contributed by atoms with Crippen molar-refractivity contribution in [1.29, 1.82) is 0 Å². The standard InChI is InChI=1S/C14H24BrN3O3/c1-4-10(5-2)12(19)9-16-11-8-17-18(6-7-21-3)14(20)13(11)15/h8,10,12,16,19H,4-7,9H2,1-3H3. The third-order valence-corrected chi connectivity index (χ3v) is 4.35. The average Bonchev–Trinajstić information content (AvgIpc) is 2.49. The van der Waals surface area contributed by atoms with Crippen LogP contribution >= 0.6 is 15.9 Å². The van der Waals surface area contributed by atoms with E-state index in [1.165, 1.54) is 4.68 Å². The van der Waals surface area contributed by atoms with E-state index in [9.17, 15) is 9.90 Å². The molecule has 0 radical (unpaired) electrons. The molecular weight excluding hydrogens is 338 g/mol. The molecule has 1 rings (SSSR count). The van der Waals surface area contributed by atoms with Crippen molar-refractivity contribution in [3.05, 3.63) is 21.0 Å². The quantitative estimate of drug-likeness (QED) is 0.701. The number of halogens is 1. The number of anilines is 1. The molecule has 0 aliphatic carbocycles. The summed E-state index contributed by atoms with van der Waals surface area (Å²) in [5.74, 6) is 0.256. The lowest BCUT2D eigenvalue weighted by molar-refractivity contribution is 0.114. The van der Waals surface area contributed by atoms with E-state index in [0.29, 0.717) is 29.9 Å². The Bertz CT molecular complexity index is 489. The molecule has 0 fully saturated rings. The van der Waals surface area contributed by atoms with Crippen molar-refractivity contribution in [3.8, 4) is 0 Å². The van der Waals surface area contributed by atoms with Gasteiger partial charge in [-0.2, -0.15) is 5.10 Å². The van der Waals surface area contributed by atoms with Crippen molar-refractivity contribution in [2.45, 2.75) is 39.3 Å². The summed E-state index contributed by atoms with van der Waals surface area (Å²) in [4.78, 5) is 12.1. The van der Waals surface area contributed by atoms with Gasteiger partial charge in [-0.05, 0) is 21.8 Å². The topological polar surface area (TPSA) is 76.4 Å². The van der Waals surface area contributed by atoms with Crippen molar-refractivity contribution < 1.29 is 9.84 Å². The molecule has 1 atom stereocenters. The highest BCUT2D eigenvalue weighted by Gasteiger charge is 2.16. The number of nitrogens with zero attached hydrogens (tertiary/aromatic N) is 2. The minimum Gasteiger partial charge on any atom is -0.391 e. The maximum atomic E-state index is 12.1. The van der Waals surface area contributed by atoms with Gasteiger partial charge in [-0.25, -0.2) is 4.68 Å². The molecule has 120 valence electrons. The summed E-state index contributed by atoms with van der Waals surface area (Å²) in [7, 11) is 1.58. The van der Waals surface area contributed by atoms with Crippen LogP contribution in [0.1, 0.15) is 26.7 Å². The van der Waals surface area contributed by atoms with E-state index in [2.05, 4.69) is 40.2 Å². The predicted molar refractivity (Wildman–Crippen MR) is 86.6 cm³/mol. The summed E-state index contributed by atoms with van der Waals surface area (Å²) >= 11 is 3.29. The fraction of sp³-hybridized carbons (Fsp3) is 0.714. The van der Waals surface area contributed by atoms with Crippen LogP contribution in [0, 0.1) is 5.92 Å². The highest BCUT2D eigenvalue weighted by molar-refractivity contribution is 9.10. The number of hydrogen-bond donors (Lipinski definition) is 2. The van der Waals surface area contributed by atoms with Gasteiger partial charge < -0.3 is 15.2 Å². The molecule has 0 saturated heterocycles. The van der Waals surface area contributed by atoms with Gasteiger partial charge in [0.25, 0.3) is 5.56 Å². The van der Waals surface area contributed by atoms with E-state index in [1.54, 1.807) is 13.3 Å². The van der Waals surface area contributed by atoms with Gasteiger partial charge in [0.1, 0.15) is 4.47 Å². The summed E-state index contributed by atoms with van der Waals surface area (Å²) in [6, 6.07) is 0. The first-order valence-electron chi connectivity index (χ1n) is 7.21. The molecule has 0 aromatic carbocycles. The Morgan fingerprint density at radius 2 is 2.14 bits per heavy atom. The highest BCUT2D eigenvalue weighted by atomic mass is 79.9. The molecule has 0 aliphatic heterocycles. The maximum Gasteiger partial charge on any atom is 0.283 e. The first kappa shape index (κ1) is 18.1. The van der Waals surface area contributed by atoms with Crippen molar-refractivity contribution in [2.75, 3.05) is 25.6 Å². The Labute approximate surface area is 133 Å². The number of rotatable bonds is 9. The van der Waals surface area contributed by atoms with E-state index in [1.807, 2.05) is 0 Å². The summed E-state index contributed by atoms with van der Waals surface area (Å²) in [5.41, 5.74) is 0.382. The van der Waals surface area contributed by atoms with Crippen LogP contribution in [0.5, 0.6) is 0 Å². The first-order valence-corrected chi connectivity index (χ1v) is 8.00. The second kappa shape index (κ2) is 9.17. The minimum atomic E-state index is -0.442. The lowest BCUT2D eigenvalue weighted by atomic mass is 9.96. The third-order valence-electron chi connectivity index (χ3n) is 3.59. The van der Waals surface area contributed by atoms with Crippen molar-refractivity contribution in [1.82, 2.24) is 9.78 Å². The molecule has 0 amide bonds. The monoisotopic (exact) mass is 361 g/mol. The zero-order chi connectivity index (χ0) is 15.8. The number of hydrogen-bond acceptors (Lipinski definition) is 5. The van der Waals surface area contributed by atoms with Crippen LogP contribution in [0.15, 0.2) is 15.5 Å². The maximum absolute atomic E-state index is 12.1. The first-order chi connectivity index (χ1) is 10.0. The van der Waals surface area contributed by atoms with Crippen LogP contribution in [-0.2, 0) is 11.3 Å². The minimum absolute atomic E-state index is 0.214. The van der Waals surface area contributed by atoms with Crippen molar-refractivity contribution in [3.63, 3.8) is 0 Å². The molecule has 1 aromatic rings. The van der Waals surface area contributed by atoms with Gasteiger partial charge in [0.15, 0.2) is 0 Å². The molecule has 1 aromatic heterocycles. The Kier molecular flexibility index (Phi) is 7.92. The normalized spacial score (nSPS) is 12.7. The van der Waals surface area contributed by atoms with Gasteiger partial charge in [-0.1, -0.05) is 26.7 Å². The van der Waals surface area contributed by atoms with Gasteiger partial charge in [0, 0.05) is 13.7 Å². The molecule has 0 spiro atoms. The van der Waals surface area contributed by atoms with Gasteiger partial charge in [-0.15, -0.1) is 0 Å². The number of aliphatic hydroxyl groups excluding tert-OH is 1. The molecule has 1 heterocycles. The molecule has 2 N–H and O–H groups in total. The van der Waals surface area contributed by atoms with Crippen LogP contribution in [0.4, 0.5) is 5.69 Å².